The zero-order valence-corrected chi connectivity index (χ0v) is 15.6. The number of fused-ring (bicyclic) bond motifs is 3. The van der Waals surface area contributed by atoms with Gasteiger partial charge in [0.2, 0.25) is 0 Å². The summed E-state index contributed by atoms with van der Waals surface area (Å²) in [5.41, 5.74) is 0. The standard InChI is InChI=1S/C20H39S/c1-3-5-7-9-17-21(18-10-8-6-4-2)20-14-11-19(12-15-20)13-16-20/h19H,3-18H2,1-2H3/q+1. The van der Waals surface area contributed by atoms with E-state index in [9.17, 15) is 0 Å². The lowest BCUT2D eigenvalue weighted by atomic mass is 9.70. The van der Waals surface area contributed by atoms with E-state index in [2.05, 4.69) is 13.8 Å². The maximum absolute atomic E-state index is 2.34. The van der Waals surface area contributed by atoms with Crippen LogP contribution in [0, 0.1) is 5.92 Å². The van der Waals surface area contributed by atoms with Crippen LogP contribution in [0.5, 0.6) is 0 Å². The Morgan fingerprint density at radius 2 is 1.19 bits per heavy atom. The van der Waals surface area contributed by atoms with Crippen molar-refractivity contribution in [2.45, 2.75) is 108 Å². The monoisotopic (exact) mass is 311 g/mol. The van der Waals surface area contributed by atoms with E-state index in [1.54, 1.807) is 50.0 Å². The van der Waals surface area contributed by atoms with Gasteiger partial charge in [0.15, 0.2) is 0 Å². The van der Waals surface area contributed by atoms with E-state index in [-0.39, 0.29) is 0 Å². The fourth-order valence-corrected chi connectivity index (χ4v) is 7.98. The summed E-state index contributed by atoms with van der Waals surface area (Å²) in [5.74, 6) is 4.28. The molecule has 0 saturated heterocycles. The highest BCUT2D eigenvalue weighted by molar-refractivity contribution is 7.98. The molecule has 3 fully saturated rings. The van der Waals surface area contributed by atoms with Crippen LogP contribution in [0.2, 0.25) is 0 Å². The zero-order valence-electron chi connectivity index (χ0n) is 14.8. The van der Waals surface area contributed by atoms with Gasteiger partial charge in [-0.25, -0.2) is 0 Å². The first-order valence-electron chi connectivity index (χ1n) is 9.98. The predicted molar refractivity (Wildman–Crippen MR) is 99.3 cm³/mol. The second-order valence-corrected chi connectivity index (χ2v) is 10.4. The zero-order chi connectivity index (χ0) is 15.0. The Bertz CT molecular complexity index is 239. The smallest absolute Gasteiger partial charge is 0.0654 e. The molecule has 0 unspecified atom stereocenters. The van der Waals surface area contributed by atoms with Crippen LogP contribution in [0.15, 0.2) is 0 Å². The highest BCUT2D eigenvalue weighted by atomic mass is 32.2. The average Bonchev–Trinajstić information content (AvgIpc) is 2.55. The molecule has 0 aromatic carbocycles. The maximum Gasteiger partial charge on any atom is 0.128 e. The van der Waals surface area contributed by atoms with Gasteiger partial charge in [-0.15, -0.1) is 0 Å². The Hall–Kier alpha value is 0.350. The van der Waals surface area contributed by atoms with E-state index in [0.29, 0.717) is 0 Å². The lowest BCUT2D eigenvalue weighted by molar-refractivity contribution is 0.200. The van der Waals surface area contributed by atoms with Crippen LogP contribution in [-0.4, -0.2) is 16.3 Å². The predicted octanol–water partition coefficient (Wildman–Crippen LogP) is 6.49. The molecule has 1 heteroatoms. The molecule has 0 heterocycles. The third-order valence-electron chi connectivity index (χ3n) is 6.13. The highest BCUT2D eigenvalue weighted by Gasteiger charge is 2.51. The minimum atomic E-state index is 0.761. The van der Waals surface area contributed by atoms with Crippen LogP contribution in [0.25, 0.3) is 0 Å². The fraction of sp³-hybridized carbons (Fsp3) is 1.00. The van der Waals surface area contributed by atoms with Crippen molar-refractivity contribution >= 4 is 10.9 Å². The van der Waals surface area contributed by atoms with Crippen molar-refractivity contribution in [3.8, 4) is 0 Å². The van der Waals surface area contributed by atoms with Crippen LogP contribution < -0.4 is 0 Å². The van der Waals surface area contributed by atoms with Gasteiger partial charge in [0.1, 0.15) is 16.3 Å². The summed E-state index contributed by atoms with van der Waals surface area (Å²) in [6.07, 6.45) is 21.3. The number of rotatable bonds is 11. The van der Waals surface area contributed by atoms with Gasteiger partial charge in [-0.05, 0) is 81.0 Å². The Morgan fingerprint density at radius 1 is 0.714 bits per heavy atom. The number of hydrogen-bond donors (Lipinski definition) is 0. The normalized spacial score (nSPS) is 28.4. The molecule has 3 rings (SSSR count). The average molecular weight is 312 g/mol. The third-order valence-corrected chi connectivity index (χ3v) is 9.53. The van der Waals surface area contributed by atoms with Crippen molar-refractivity contribution in [2.24, 2.45) is 5.92 Å². The van der Waals surface area contributed by atoms with Crippen molar-refractivity contribution in [3.63, 3.8) is 0 Å². The molecule has 21 heavy (non-hydrogen) atoms. The molecule has 0 spiro atoms. The van der Waals surface area contributed by atoms with Crippen molar-refractivity contribution in [2.75, 3.05) is 11.5 Å². The van der Waals surface area contributed by atoms with Crippen molar-refractivity contribution in [1.29, 1.82) is 0 Å². The van der Waals surface area contributed by atoms with Crippen LogP contribution in [0.4, 0.5) is 0 Å². The van der Waals surface area contributed by atoms with Gasteiger partial charge < -0.3 is 0 Å². The minimum Gasteiger partial charge on any atom is -0.0654 e. The van der Waals surface area contributed by atoms with Gasteiger partial charge in [-0.1, -0.05) is 39.5 Å². The number of unbranched alkanes of at least 4 members (excludes halogenated alkanes) is 6. The summed E-state index contributed by atoms with van der Waals surface area (Å²) in [6.45, 7) is 4.68. The second-order valence-electron chi connectivity index (χ2n) is 7.69. The summed E-state index contributed by atoms with van der Waals surface area (Å²) in [6, 6.07) is 0. The first-order valence-corrected chi connectivity index (χ1v) is 11.5. The quantitative estimate of drug-likeness (QED) is 0.302. The highest BCUT2D eigenvalue weighted by Crippen LogP contribution is 2.50. The van der Waals surface area contributed by atoms with E-state index in [1.807, 2.05) is 0 Å². The molecule has 0 N–H and O–H groups in total. The second kappa shape index (κ2) is 9.48. The van der Waals surface area contributed by atoms with E-state index in [1.165, 1.54) is 51.4 Å². The molecule has 0 radical (unpaired) electrons. The van der Waals surface area contributed by atoms with Gasteiger partial charge in [0.25, 0.3) is 0 Å². The van der Waals surface area contributed by atoms with Crippen molar-refractivity contribution < 1.29 is 0 Å². The molecular weight excluding hydrogens is 272 g/mol. The minimum absolute atomic E-state index is 0.761. The van der Waals surface area contributed by atoms with E-state index in [4.69, 9.17) is 0 Å². The Balaban J connectivity index is 1.83. The molecule has 0 amide bonds. The van der Waals surface area contributed by atoms with Crippen LogP contribution in [0.1, 0.15) is 104 Å². The summed E-state index contributed by atoms with van der Waals surface area (Å²) in [4.78, 5) is 0. The lowest BCUT2D eigenvalue weighted by Crippen LogP contribution is -2.48. The van der Waals surface area contributed by atoms with E-state index < -0.39 is 0 Å². The van der Waals surface area contributed by atoms with Gasteiger partial charge in [-0.2, -0.15) is 0 Å². The van der Waals surface area contributed by atoms with Crippen LogP contribution in [0.3, 0.4) is 0 Å². The summed E-state index contributed by atoms with van der Waals surface area (Å²) in [7, 11) is 0.761. The molecular formula is C20H39S+. The summed E-state index contributed by atoms with van der Waals surface area (Å²) >= 11 is 0. The molecule has 2 bridgehead atoms. The topological polar surface area (TPSA) is 0 Å². The molecule has 3 aliphatic rings. The van der Waals surface area contributed by atoms with Gasteiger partial charge in [0.05, 0.1) is 0 Å². The Morgan fingerprint density at radius 3 is 1.62 bits per heavy atom. The maximum atomic E-state index is 2.34. The first kappa shape index (κ1) is 17.7. The molecule has 3 aliphatic carbocycles. The Labute approximate surface area is 137 Å². The third kappa shape index (κ3) is 5.19. The van der Waals surface area contributed by atoms with Crippen molar-refractivity contribution in [3.05, 3.63) is 0 Å². The SMILES string of the molecule is CCCCCC[S+](CCCCCC)C12CCC(CC1)CC2. The van der Waals surface area contributed by atoms with Crippen LogP contribution >= 0.6 is 0 Å². The van der Waals surface area contributed by atoms with E-state index in [0.717, 1.165) is 21.6 Å². The number of hydrogen-bond acceptors (Lipinski definition) is 0. The first-order chi connectivity index (χ1) is 10.3. The molecule has 0 atom stereocenters. The molecule has 124 valence electrons. The lowest BCUT2D eigenvalue weighted by Gasteiger charge is -2.45. The van der Waals surface area contributed by atoms with E-state index >= 15 is 0 Å². The molecule has 3 saturated carbocycles. The van der Waals surface area contributed by atoms with Crippen molar-refractivity contribution in [1.82, 2.24) is 0 Å². The Kier molecular flexibility index (Phi) is 7.99. The van der Waals surface area contributed by atoms with Gasteiger partial charge in [-0.3, -0.25) is 0 Å². The fourth-order valence-electron chi connectivity index (χ4n) is 4.58. The van der Waals surface area contributed by atoms with Gasteiger partial charge in [0, 0.05) is 0 Å². The summed E-state index contributed by atoms with van der Waals surface area (Å²) in [5, 5.41) is 0. The largest absolute Gasteiger partial charge is 0.128 e. The molecule has 0 aliphatic heterocycles. The van der Waals surface area contributed by atoms with Gasteiger partial charge >= 0.3 is 0 Å². The molecule has 0 aromatic heterocycles. The molecule has 0 aromatic rings. The van der Waals surface area contributed by atoms with Crippen LogP contribution in [-0.2, 0) is 10.9 Å². The molecule has 0 nitrogen and oxygen atoms in total. The summed E-state index contributed by atoms with van der Waals surface area (Å²) < 4.78 is 0.827.